The molecule has 0 aromatic carbocycles. The molecule has 3 unspecified atom stereocenters. The van der Waals surface area contributed by atoms with Crippen LogP contribution >= 0.6 is 0 Å². The van der Waals surface area contributed by atoms with Gasteiger partial charge in [0.15, 0.2) is 0 Å². The van der Waals surface area contributed by atoms with Crippen molar-refractivity contribution < 1.29 is 19.4 Å². The number of hydrogen-bond donors (Lipinski definition) is 1. The Bertz CT molecular complexity index is 513. The van der Waals surface area contributed by atoms with Crippen LogP contribution in [-0.2, 0) is 14.3 Å². The maximum atomic E-state index is 11.4. The number of allylic oxidation sites excluding steroid dienone is 2. The minimum atomic E-state index is -0.841. The standard InChI is InChI=1S/C17H24O4/c1-10-6-5-7-12(16(19)20)9-13-15(17(13,3)4)14(8-10)21-11(2)18/h6,9,13-15H,5,7-8H2,1-4H3,(H,19,20). The van der Waals surface area contributed by atoms with E-state index in [4.69, 9.17) is 4.74 Å². The van der Waals surface area contributed by atoms with Gasteiger partial charge in [0.25, 0.3) is 0 Å². The molecule has 0 spiro atoms. The maximum Gasteiger partial charge on any atom is 0.331 e. The summed E-state index contributed by atoms with van der Waals surface area (Å²) in [5.74, 6) is -0.753. The van der Waals surface area contributed by atoms with Crippen molar-refractivity contribution in [3.8, 4) is 0 Å². The number of rotatable bonds is 2. The van der Waals surface area contributed by atoms with E-state index in [1.54, 1.807) is 0 Å². The Hall–Kier alpha value is -1.58. The first kappa shape index (κ1) is 15.8. The van der Waals surface area contributed by atoms with Crippen molar-refractivity contribution in [2.75, 3.05) is 0 Å². The fourth-order valence-corrected chi connectivity index (χ4v) is 3.56. The van der Waals surface area contributed by atoms with Crippen LogP contribution in [0.2, 0.25) is 0 Å². The van der Waals surface area contributed by atoms with Gasteiger partial charge in [-0.15, -0.1) is 0 Å². The Morgan fingerprint density at radius 2 is 2.05 bits per heavy atom. The topological polar surface area (TPSA) is 63.6 Å². The molecule has 3 atom stereocenters. The van der Waals surface area contributed by atoms with Gasteiger partial charge >= 0.3 is 11.9 Å². The average molecular weight is 292 g/mol. The minimum absolute atomic E-state index is 0.0224. The SMILES string of the molecule is CC(=O)OC1CC(C)=CCCC(C(=O)O)=CC2C1C2(C)C. The van der Waals surface area contributed by atoms with Crippen molar-refractivity contribution >= 4 is 11.9 Å². The summed E-state index contributed by atoms with van der Waals surface area (Å²) in [4.78, 5) is 22.7. The third kappa shape index (κ3) is 3.36. The summed E-state index contributed by atoms with van der Waals surface area (Å²) in [5, 5.41) is 9.33. The summed E-state index contributed by atoms with van der Waals surface area (Å²) >= 11 is 0. The molecule has 2 aliphatic carbocycles. The summed E-state index contributed by atoms with van der Waals surface area (Å²) in [6.07, 6.45) is 5.79. The molecule has 2 rings (SSSR count). The first-order chi connectivity index (χ1) is 9.73. The molecule has 0 aromatic heterocycles. The highest BCUT2D eigenvalue weighted by Gasteiger charge is 2.61. The molecular weight excluding hydrogens is 268 g/mol. The van der Waals surface area contributed by atoms with Crippen LogP contribution in [0.25, 0.3) is 0 Å². The zero-order valence-electron chi connectivity index (χ0n) is 13.2. The zero-order valence-corrected chi connectivity index (χ0v) is 13.2. The van der Waals surface area contributed by atoms with Crippen LogP contribution in [0.4, 0.5) is 0 Å². The number of hydrogen-bond acceptors (Lipinski definition) is 3. The summed E-state index contributed by atoms with van der Waals surface area (Å²) in [7, 11) is 0. The highest BCUT2D eigenvalue weighted by Crippen LogP contribution is 2.62. The van der Waals surface area contributed by atoms with E-state index in [1.165, 1.54) is 6.92 Å². The van der Waals surface area contributed by atoms with Gasteiger partial charge < -0.3 is 9.84 Å². The van der Waals surface area contributed by atoms with E-state index < -0.39 is 5.97 Å². The minimum Gasteiger partial charge on any atom is -0.478 e. The summed E-state index contributed by atoms with van der Waals surface area (Å²) in [6.45, 7) is 7.69. The maximum absolute atomic E-state index is 11.4. The summed E-state index contributed by atoms with van der Waals surface area (Å²) in [6, 6.07) is 0. The van der Waals surface area contributed by atoms with Gasteiger partial charge in [-0.1, -0.05) is 31.6 Å². The molecule has 1 fully saturated rings. The third-order valence-electron chi connectivity index (χ3n) is 4.80. The first-order valence-electron chi connectivity index (χ1n) is 7.50. The molecule has 0 saturated heterocycles. The van der Waals surface area contributed by atoms with Gasteiger partial charge in [0.1, 0.15) is 6.10 Å². The molecule has 1 saturated carbocycles. The monoisotopic (exact) mass is 292 g/mol. The zero-order chi connectivity index (χ0) is 15.8. The number of carboxylic acids is 1. The molecule has 0 bridgehead atoms. The van der Waals surface area contributed by atoms with Gasteiger partial charge in [-0.3, -0.25) is 4.79 Å². The lowest BCUT2D eigenvalue weighted by Crippen LogP contribution is -2.22. The molecule has 21 heavy (non-hydrogen) atoms. The number of carboxylic acid groups (broad SMARTS) is 1. The van der Waals surface area contributed by atoms with E-state index in [9.17, 15) is 14.7 Å². The van der Waals surface area contributed by atoms with Crippen LogP contribution in [-0.4, -0.2) is 23.1 Å². The Morgan fingerprint density at radius 3 is 2.62 bits per heavy atom. The molecule has 2 aliphatic rings. The molecule has 4 nitrogen and oxygen atoms in total. The van der Waals surface area contributed by atoms with Gasteiger partial charge in [-0.05, 0) is 31.1 Å². The second-order valence-corrected chi connectivity index (χ2v) is 6.81. The first-order valence-corrected chi connectivity index (χ1v) is 7.50. The summed E-state index contributed by atoms with van der Waals surface area (Å²) < 4.78 is 5.52. The van der Waals surface area contributed by atoms with Gasteiger partial charge in [0.05, 0.1) is 0 Å². The Morgan fingerprint density at radius 1 is 1.38 bits per heavy atom. The quantitative estimate of drug-likeness (QED) is 0.626. The van der Waals surface area contributed by atoms with Crippen molar-refractivity contribution in [1.82, 2.24) is 0 Å². The van der Waals surface area contributed by atoms with Crippen molar-refractivity contribution in [1.29, 1.82) is 0 Å². The molecular formula is C17H24O4. The van der Waals surface area contributed by atoms with Crippen LogP contribution in [0.1, 0.15) is 47.0 Å². The van der Waals surface area contributed by atoms with Crippen LogP contribution in [0.15, 0.2) is 23.3 Å². The fraction of sp³-hybridized carbons (Fsp3) is 0.647. The molecule has 116 valence electrons. The molecule has 0 aliphatic heterocycles. The van der Waals surface area contributed by atoms with E-state index >= 15 is 0 Å². The highest BCUT2D eigenvalue weighted by molar-refractivity contribution is 5.86. The molecule has 1 N–H and O–H groups in total. The third-order valence-corrected chi connectivity index (χ3v) is 4.80. The number of aliphatic carboxylic acids is 1. The molecule has 0 aromatic rings. The molecule has 0 amide bonds. The normalized spacial score (nSPS) is 31.3. The van der Waals surface area contributed by atoms with Gasteiger partial charge in [-0.2, -0.15) is 0 Å². The number of ether oxygens (including phenoxy) is 1. The van der Waals surface area contributed by atoms with Crippen molar-refractivity contribution in [3.63, 3.8) is 0 Å². The highest BCUT2D eigenvalue weighted by atomic mass is 16.5. The Balaban J connectivity index is 2.33. The fourth-order valence-electron chi connectivity index (χ4n) is 3.56. The molecule has 0 heterocycles. The van der Waals surface area contributed by atoms with E-state index in [2.05, 4.69) is 19.9 Å². The smallest absolute Gasteiger partial charge is 0.331 e. The molecule has 4 heteroatoms. The van der Waals surface area contributed by atoms with E-state index in [0.29, 0.717) is 18.4 Å². The Labute approximate surface area is 125 Å². The van der Waals surface area contributed by atoms with Crippen LogP contribution in [0.3, 0.4) is 0 Å². The number of esters is 1. The van der Waals surface area contributed by atoms with E-state index in [0.717, 1.165) is 12.0 Å². The van der Waals surface area contributed by atoms with Crippen molar-refractivity contribution in [2.45, 2.75) is 53.1 Å². The van der Waals surface area contributed by atoms with E-state index in [1.807, 2.05) is 13.0 Å². The van der Waals surface area contributed by atoms with E-state index in [-0.39, 0.29) is 29.3 Å². The number of carbonyl (C=O) groups is 2. The van der Waals surface area contributed by atoms with Gasteiger partial charge in [-0.25, -0.2) is 4.79 Å². The van der Waals surface area contributed by atoms with Crippen LogP contribution in [0, 0.1) is 17.3 Å². The average Bonchev–Trinajstić information content (AvgIpc) is 2.88. The second kappa shape index (κ2) is 5.66. The summed E-state index contributed by atoms with van der Waals surface area (Å²) in [5.41, 5.74) is 1.61. The van der Waals surface area contributed by atoms with Crippen LogP contribution in [0.5, 0.6) is 0 Å². The lowest BCUT2D eigenvalue weighted by molar-refractivity contribution is -0.147. The van der Waals surface area contributed by atoms with Crippen molar-refractivity contribution in [3.05, 3.63) is 23.3 Å². The van der Waals surface area contributed by atoms with Gasteiger partial charge in [0.2, 0.25) is 0 Å². The number of carbonyl (C=O) groups excluding carboxylic acids is 1. The lowest BCUT2D eigenvalue weighted by Gasteiger charge is -2.19. The molecule has 0 radical (unpaired) electrons. The largest absolute Gasteiger partial charge is 0.478 e. The van der Waals surface area contributed by atoms with Gasteiger partial charge in [0, 0.05) is 24.8 Å². The second-order valence-electron chi connectivity index (χ2n) is 6.81. The van der Waals surface area contributed by atoms with Crippen LogP contribution < -0.4 is 0 Å². The Kier molecular flexibility index (Phi) is 4.26. The van der Waals surface area contributed by atoms with Crippen molar-refractivity contribution in [2.24, 2.45) is 17.3 Å². The number of fused-ring (bicyclic) bond motifs is 1. The lowest BCUT2D eigenvalue weighted by atomic mass is 9.98. The predicted molar refractivity (Wildman–Crippen MR) is 79.6 cm³/mol. The predicted octanol–water partition coefficient (Wildman–Crippen LogP) is 3.33.